The summed E-state index contributed by atoms with van der Waals surface area (Å²) in [5.74, 6) is -1.09. The summed E-state index contributed by atoms with van der Waals surface area (Å²) in [4.78, 5) is 23.8. The van der Waals surface area contributed by atoms with Crippen LogP contribution in [0, 0.1) is 11.8 Å². The third-order valence-corrected chi connectivity index (χ3v) is 6.91. The average Bonchev–Trinajstić information content (AvgIpc) is 3.23. The lowest BCUT2D eigenvalue weighted by Gasteiger charge is -2.20. The molecular formula is C23H28O5S. The Kier molecular flexibility index (Phi) is 7.58. The van der Waals surface area contributed by atoms with Crippen molar-refractivity contribution in [2.24, 2.45) is 11.8 Å². The Morgan fingerprint density at radius 3 is 2.83 bits per heavy atom. The third kappa shape index (κ3) is 5.75. The van der Waals surface area contributed by atoms with Gasteiger partial charge in [-0.15, -0.1) is 11.3 Å². The van der Waals surface area contributed by atoms with E-state index in [0.717, 1.165) is 15.0 Å². The van der Waals surface area contributed by atoms with E-state index < -0.39 is 18.2 Å². The normalized spacial score (nSPS) is 23.2. The standard InChI is InChI=1S/C23H28O5S/c24-18(22-13-15-7-5-6-9-21(15)29-22)12-11-17-16(19(25)14-20(17)26)8-3-1-2-4-10-23(27)28/h1,3,5-7,9,13,16-19,24-25H,2,4,8,10-12,14H2,(H,27,28)/b3-1-/t16-,17-,18-,19+/m1/s1. The van der Waals surface area contributed by atoms with Crippen LogP contribution in [0.15, 0.2) is 42.5 Å². The minimum absolute atomic E-state index is 0.0744. The summed E-state index contributed by atoms with van der Waals surface area (Å²) in [7, 11) is 0. The Labute approximate surface area is 174 Å². The molecule has 4 atom stereocenters. The molecule has 5 nitrogen and oxygen atoms in total. The van der Waals surface area contributed by atoms with Crippen LogP contribution < -0.4 is 0 Å². The van der Waals surface area contributed by atoms with Crippen molar-refractivity contribution >= 4 is 33.2 Å². The van der Waals surface area contributed by atoms with Gasteiger partial charge in [0.25, 0.3) is 0 Å². The van der Waals surface area contributed by atoms with Crippen molar-refractivity contribution < 1.29 is 24.9 Å². The quantitative estimate of drug-likeness (QED) is 0.392. The van der Waals surface area contributed by atoms with Crippen molar-refractivity contribution in [2.45, 2.75) is 57.2 Å². The van der Waals surface area contributed by atoms with E-state index in [1.54, 1.807) is 11.3 Å². The molecule has 1 aliphatic carbocycles. The molecule has 1 aliphatic rings. The molecule has 2 aromatic rings. The minimum atomic E-state index is -0.799. The highest BCUT2D eigenvalue weighted by Crippen LogP contribution is 2.38. The van der Waals surface area contributed by atoms with E-state index >= 15 is 0 Å². The van der Waals surface area contributed by atoms with Gasteiger partial charge in [0.05, 0.1) is 12.2 Å². The summed E-state index contributed by atoms with van der Waals surface area (Å²) in [6.45, 7) is 0. The fourth-order valence-electron chi connectivity index (χ4n) is 4.10. The number of Topliss-reactive ketones (excluding diaryl/α,β-unsaturated/α-hetero) is 1. The van der Waals surface area contributed by atoms with Gasteiger partial charge in [0.2, 0.25) is 0 Å². The van der Waals surface area contributed by atoms with E-state index in [9.17, 15) is 19.8 Å². The molecule has 0 saturated heterocycles. The maximum absolute atomic E-state index is 12.4. The number of rotatable bonds is 10. The molecule has 1 aromatic carbocycles. The summed E-state index contributed by atoms with van der Waals surface area (Å²) in [5, 5.41) is 30.7. The lowest BCUT2D eigenvalue weighted by molar-refractivity contribution is -0.137. The van der Waals surface area contributed by atoms with Crippen LogP contribution in [0.3, 0.4) is 0 Å². The number of thiophene rings is 1. The number of fused-ring (bicyclic) bond motifs is 1. The van der Waals surface area contributed by atoms with Gasteiger partial charge in [-0.3, -0.25) is 9.59 Å². The number of hydrogen-bond donors (Lipinski definition) is 3. The zero-order valence-corrected chi connectivity index (χ0v) is 17.2. The van der Waals surface area contributed by atoms with Crippen molar-refractivity contribution in [3.8, 4) is 0 Å². The smallest absolute Gasteiger partial charge is 0.303 e. The molecule has 6 heteroatoms. The maximum atomic E-state index is 12.4. The predicted molar refractivity (Wildman–Crippen MR) is 114 cm³/mol. The van der Waals surface area contributed by atoms with Gasteiger partial charge in [-0.25, -0.2) is 0 Å². The molecule has 0 aliphatic heterocycles. The number of carboxylic acids is 1. The van der Waals surface area contributed by atoms with Crippen molar-refractivity contribution in [1.29, 1.82) is 0 Å². The summed E-state index contributed by atoms with van der Waals surface area (Å²) in [6, 6.07) is 10.0. The molecule has 3 rings (SSSR count). The number of aliphatic carboxylic acids is 1. The first kappa shape index (κ1) is 21.7. The molecule has 1 fully saturated rings. The molecule has 156 valence electrons. The van der Waals surface area contributed by atoms with Crippen molar-refractivity contribution in [1.82, 2.24) is 0 Å². The van der Waals surface area contributed by atoms with Crippen molar-refractivity contribution in [2.75, 3.05) is 0 Å². The third-order valence-electron chi connectivity index (χ3n) is 5.70. The van der Waals surface area contributed by atoms with E-state index in [2.05, 4.69) is 0 Å². The van der Waals surface area contributed by atoms with Crippen LogP contribution in [0.1, 0.15) is 55.9 Å². The fraction of sp³-hybridized carbons (Fsp3) is 0.478. The Morgan fingerprint density at radius 2 is 2.07 bits per heavy atom. The summed E-state index contributed by atoms with van der Waals surface area (Å²) in [6.07, 6.45) is 5.88. The molecule has 29 heavy (non-hydrogen) atoms. The highest BCUT2D eigenvalue weighted by molar-refractivity contribution is 7.19. The SMILES string of the molecule is O=C(O)CCC/C=C\C[C@H]1[C@@H](O)CC(=O)[C@@H]1CC[C@@H](O)c1cc2ccccc2s1. The van der Waals surface area contributed by atoms with Gasteiger partial charge in [-0.2, -0.15) is 0 Å². The highest BCUT2D eigenvalue weighted by Gasteiger charge is 2.40. The maximum Gasteiger partial charge on any atom is 0.303 e. The first-order valence-corrected chi connectivity index (χ1v) is 11.0. The number of aliphatic hydroxyl groups is 2. The molecule has 0 amide bonds. The van der Waals surface area contributed by atoms with Crippen LogP contribution >= 0.6 is 11.3 Å². The Bertz CT molecular complexity index is 838. The van der Waals surface area contributed by atoms with Crippen LogP contribution in [0.25, 0.3) is 10.1 Å². The van der Waals surface area contributed by atoms with Gasteiger partial charge in [0.1, 0.15) is 5.78 Å². The fourth-order valence-corrected chi connectivity index (χ4v) is 5.19. The van der Waals surface area contributed by atoms with E-state index in [1.165, 1.54) is 0 Å². The van der Waals surface area contributed by atoms with Crippen molar-refractivity contribution in [3.05, 3.63) is 47.4 Å². The minimum Gasteiger partial charge on any atom is -0.481 e. The number of ketones is 1. The molecule has 0 unspecified atom stereocenters. The van der Waals surface area contributed by atoms with Crippen LogP contribution in [0.4, 0.5) is 0 Å². The lowest BCUT2D eigenvalue weighted by atomic mass is 9.86. The second kappa shape index (κ2) is 10.1. The highest BCUT2D eigenvalue weighted by atomic mass is 32.1. The predicted octanol–water partition coefficient (Wildman–Crippen LogP) is 4.48. The van der Waals surface area contributed by atoms with E-state index in [1.807, 2.05) is 42.5 Å². The Balaban J connectivity index is 1.53. The van der Waals surface area contributed by atoms with Gasteiger partial charge in [-0.1, -0.05) is 30.4 Å². The summed E-state index contributed by atoms with van der Waals surface area (Å²) in [5.41, 5.74) is 0. The first-order valence-electron chi connectivity index (χ1n) is 10.2. The Hall–Kier alpha value is -2.02. The number of hydrogen-bond acceptors (Lipinski definition) is 5. The zero-order chi connectivity index (χ0) is 20.8. The van der Waals surface area contributed by atoms with Crippen LogP contribution in [0.2, 0.25) is 0 Å². The number of carbonyl (C=O) groups excluding carboxylic acids is 1. The molecular weight excluding hydrogens is 388 g/mol. The van der Waals surface area contributed by atoms with Crippen LogP contribution in [0.5, 0.6) is 0 Å². The zero-order valence-electron chi connectivity index (χ0n) is 16.4. The molecule has 1 aromatic heterocycles. The molecule has 0 bridgehead atoms. The lowest BCUT2D eigenvalue weighted by Crippen LogP contribution is -2.20. The number of benzene rings is 1. The van der Waals surface area contributed by atoms with E-state index in [0.29, 0.717) is 32.1 Å². The first-order chi connectivity index (χ1) is 14.0. The van der Waals surface area contributed by atoms with Crippen molar-refractivity contribution in [3.63, 3.8) is 0 Å². The number of allylic oxidation sites excluding steroid dienone is 2. The van der Waals surface area contributed by atoms with Gasteiger partial charge in [-0.05, 0) is 55.5 Å². The topological polar surface area (TPSA) is 94.8 Å². The molecule has 1 heterocycles. The van der Waals surface area contributed by atoms with Gasteiger partial charge >= 0.3 is 5.97 Å². The Morgan fingerprint density at radius 1 is 1.28 bits per heavy atom. The van der Waals surface area contributed by atoms with E-state index in [-0.39, 0.29) is 30.5 Å². The largest absolute Gasteiger partial charge is 0.481 e. The molecule has 0 spiro atoms. The van der Waals surface area contributed by atoms with E-state index in [4.69, 9.17) is 5.11 Å². The molecule has 0 radical (unpaired) electrons. The summed E-state index contributed by atoms with van der Waals surface area (Å²) >= 11 is 1.58. The van der Waals surface area contributed by atoms with Crippen LogP contribution in [-0.2, 0) is 9.59 Å². The van der Waals surface area contributed by atoms with Crippen LogP contribution in [-0.4, -0.2) is 33.2 Å². The second-order valence-corrected chi connectivity index (χ2v) is 8.90. The average molecular weight is 417 g/mol. The molecule has 1 saturated carbocycles. The van der Waals surface area contributed by atoms with Gasteiger partial charge < -0.3 is 15.3 Å². The van der Waals surface area contributed by atoms with Gasteiger partial charge in [0, 0.05) is 28.3 Å². The monoisotopic (exact) mass is 416 g/mol. The van der Waals surface area contributed by atoms with Gasteiger partial charge in [0.15, 0.2) is 0 Å². The second-order valence-electron chi connectivity index (χ2n) is 7.78. The summed E-state index contributed by atoms with van der Waals surface area (Å²) < 4.78 is 1.14. The number of aliphatic hydroxyl groups excluding tert-OH is 2. The number of unbranched alkanes of at least 4 members (excludes halogenated alkanes) is 1. The number of carboxylic acid groups (broad SMARTS) is 1. The molecule has 3 N–H and O–H groups in total. The number of carbonyl (C=O) groups is 2.